The van der Waals surface area contributed by atoms with Gasteiger partial charge >= 0.3 is 0 Å². The minimum Gasteiger partial charge on any atom is -0.346 e. The number of nitrogens with one attached hydrogen (secondary N) is 2. The first-order valence-corrected chi connectivity index (χ1v) is 10.6. The van der Waals surface area contributed by atoms with E-state index < -0.39 is 0 Å². The largest absolute Gasteiger partial charge is 0.346 e. The van der Waals surface area contributed by atoms with Gasteiger partial charge in [-0.1, -0.05) is 29.3 Å². The van der Waals surface area contributed by atoms with Gasteiger partial charge in [-0.15, -0.1) is 0 Å². The van der Waals surface area contributed by atoms with Crippen LogP contribution in [0.25, 0.3) is 0 Å². The summed E-state index contributed by atoms with van der Waals surface area (Å²) in [6.45, 7) is 0. The van der Waals surface area contributed by atoms with E-state index in [9.17, 15) is 14.4 Å². The highest BCUT2D eigenvalue weighted by atomic mass is 35.5. The lowest BCUT2D eigenvalue weighted by Gasteiger charge is -2.43. The van der Waals surface area contributed by atoms with E-state index in [0.717, 1.165) is 29.8 Å². The van der Waals surface area contributed by atoms with E-state index in [-0.39, 0.29) is 36.1 Å². The van der Waals surface area contributed by atoms with E-state index in [0.29, 0.717) is 27.7 Å². The molecule has 0 spiro atoms. The molecule has 30 heavy (non-hydrogen) atoms. The smallest absolute Gasteiger partial charge is 0.251 e. The number of hydrogen-bond donors (Lipinski definition) is 2. The molecule has 8 heteroatoms. The minimum atomic E-state index is -0.320. The third-order valence-electron chi connectivity index (χ3n) is 5.67. The molecule has 2 fully saturated rings. The van der Waals surface area contributed by atoms with Crippen molar-refractivity contribution in [3.05, 3.63) is 63.6 Å². The highest BCUT2D eigenvalue weighted by Crippen LogP contribution is 2.37. The number of nitrogens with zero attached hydrogens (tertiary/aromatic N) is 1. The van der Waals surface area contributed by atoms with Crippen LogP contribution in [0.2, 0.25) is 10.0 Å². The van der Waals surface area contributed by atoms with Gasteiger partial charge in [-0.2, -0.15) is 5.01 Å². The fourth-order valence-corrected chi connectivity index (χ4v) is 4.29. The molecule has 2 aliphatic rings. The molecule has 156 valence electrons. The molecule has 4 rings (SSSR count). The fraction of sp³-hybridized carbons (Fsp3) is 0.318. The number of anilines is 1. The predicted octanol–water partition coefficient (Wildman–Crippen LogP) is 4.36. The number of rotatable bonds is 6. The van der Waals surface area contributed by atoms with Crippen molar-refractivity contribution < 1.29 is 14.4 Å². The van der Waals surface area contributed by atoms with Crippen LogP contribution in [0.1, 0.15) is 48.0 Å². The van der Waals surface area contributed by atoms with Crippen molar-refractivity contribution in [2.45, 2.75) is 44.1 Å². The molecule has 2 aromatic carbocycles. The van der Waals surface area contributed by atoms with Gasteiger partial charge < -0.3 is 5.32 Å². The summed E-state index contributed by atoms with van der Waals surface area (Å²) < 4.78 is 0. The first-order chi connectivity index (χ1) is 14.3. The number of carbonyl (C=O) groups excluding carboxylic acids is 3. The Morgan fingerprint density at radius 1 is 1.00 bits per heavy atom. The van der Waals surface area contributed by atoms with Crippen molar-refractivity contribution in [1.82, 2.24) is 10.3 Å². The second-order valence-electron chi connectivity index (χ2n) is 7.81. The van der Waals surface area contributed by atoms with Gasteiger partial charge in [0.2, 0.25) is 11.8 Å². The van der Waals surface area contributed by atoms with Crippen LogP contribution < -0.4 is 10.7 Å². The molecule has 1 saturated carbocycles. The molecule has 1 saturated heterocycles. The van der Waals surface area contributed by atoms with Gasteiger partial charge in [0.15, 0.2) is 0 Å². The molecule has 6 nitrogen and oxygen atoms in total. The van der Waals surface area contributed by atoms with Crippen LogP contribution in [0.3, 0.4) is 0 Å². The Morgan fingerprint density at radius 3 is 2.23 bits per heavy atom. The highest BCUT2D eigenvalue weighted by molar-refractivity contribution is 6.35. The summed E-state index contributed by atoms with van der Waals surface area (Å²) in [5.41, 5.74) is 4.52. The van der Waals surface area contributed by atoms with E-state index in [4.69, 9.17) is 23.2 Å². The lowest BCUT2D eigenvalue weighted by molar-refractivity contribution is -0.136. The van der Waals surface area contributed by atoms with Crippen molar-refractivity contribution in [1.29, 1.82) is 0 Å². The average molecular weight is 446 g/mol. The Morgan fingerprint density at radius 2 is 1.67 bits per heavy atom. The third-order valence-corrected chi connectivity index (χ3v) is 6.26. The highest BCUT2D eigenvalue weighted by Gasteiger charge is 2.39. The summed E-state index contributed by atoms with van der Waals surface area (Å²) in [4.78, 5) is 36.3. The molecule has 0 aromatic heterocycles. The standard InChI is InChI=1S/C22H21Cl2N3O3/c23-16-5-2-15(18(24)12-16)13-22(10-1-11-22)25-21(30)14-3-6-17(7-4-14)26-27-19(28)8-9-20(27)29/h2-7,12,26H,1,8-11,13H2,(H,25,30). The number of carbonyl (C=O) groups is 3. The second-order valence-corrected chi connectivity index (χ2v) is 8.66. The van der Waals surface area contributed by atoms with E-state index >= 15 is 0 Å². The molecule has 0 bridgehead atoms. The van der Waals surface area contributed by atoms with Gasteiger partial charge in [-0.05, 0) is 67.6 Å². The summed E-state index contributed by atoms with van der Waals surface area (Å²) in [5, 5.41) is 5.38. The molecular weight excluding hydrogens is 425 g/mol. The van der Waals surface area contributed by atoms with Crippen LogP contribution in [0, 0.1) is 0 Å². The summed E-state index contributed by atoms with van der Waals surface area (Å²) in [6, 6.07) is 12.1. The van der Waals surface area contributed by atoms with Crippen LogP contribution in [0.4, 0.5) is 5.69 Å². The summed E-state index contributed by atoms with van der Waals surface area (Å²) in [7, 11) is 0. The zero-order valence-electron chi connectivity index (χ0n) is 16.2. The molecule has 1 aliphatic heterocycles. The second kappa shape index (κ2) is 8.28. The minimum absolute atomic E-state index is 0.167. The maximum absolute atomic E-state index is 12.8. The summed E-state index contributed by atoms with van der Waals surface area (Å²) in [5.74, 6) is -0.677. The third kappa shape index (κ3) is 4.30. The first kappa shape index (κ1) is 20.7. The van der Waals surface area contributed by atoms with Crippen LogP contribution in [-0.2, 0) is 16.0 Å². The molecule has 2 N–H and O–H groups in total. The lowest BCUT2D eigenvalue weighted by Crippen LogP contribution is -2.55. The predicted molar refractivity (Wildman–Crippen MR) is 115 cm³/mol. The van der Waals surface area contributed by atoms with Crippen molar-refractivity contribution in [3.8, 4) is 0 Å². The lowest BCUT2D eigenvalue weighted by atomic mass is 9.72. The normalized spacial score (nSPS) is 17.6. The zero-order chi connectivity index (χ0) is 21.3. The van der Waals surface area contributed by atoms with Gasteiger partial charge in [0.25, 0.3) is 5.91 Å². The Hall–Kier alpha value is -2.57. The molecule has 2 aromatic rings. The number of hydrogen-bond acceptors (Lipinski definition) is 4. The Bertz CT molecular complexity index is 987. The van der Waals surface area contributed by atoms with E-state index in [1.165, 1.54) is 0 Å². The topological polar surface area (TPSA) is 78.5 Å². The Labute approximate surface area is 184 Å². The first-order valence-electron chi connectivity index (χ1n) is 9.84. The quantitative estimate of drug-likeness (QED) is 0.647. The Kier molecular flexibility index (Phi) is 5.71. The van der Waals surface area contributed by atoms with Gasteiger partial charge in [-0.25, -0.2) is 0 Å². The van der Waals surface area contributed by atoms with Gasteiger partial charge in [0.1, 0.15) is 0 Å². The summed E-state index contributed by atoms with van der Waals surface area (Å²) >= 11 is 12.3. The van der Waals surface area contributed by atoms with Crippen LogP contribution >= 0.6 is 23.2 Å². The zero-order valence-corrected chi connectivity index (χ0v) is 17.7. The van der Waals surface area contributed by atoms with Crippen LogP contribution in [-0.4, -0.2) is 28.3 Å². The SMILES string of the molecule is O=C(NC1(Cc2ccc(Cl)cc2Cl)CCC1)c1ccc(NN2C(=O)CCC2=O)cc1. The fourth-order valence-electron chi connectivity index (χ4n) is 3.82. The molecule has 3 amide bonds. The van der Waals surface area contributed by atoms with Crippen molar-refractivity contribution >= 4 is 46.6 Å². The summed E-state index contributed by atoms with van der Waals surface area (Å²) in [6.07, 6.45) is 3.89. The number of hydrazine groups is 1. The van der Waals surface area contributed by atoms with Crippen molar-refractivity contribution in [3.63, 3.8) is 0 Å². The van der Waals surface area contributed by atoms with Crippen molar-refractivity contribution in [2.24, 2.45) is 0 Å². The Balaban J connectivity index is 1.42. The molecule has 1 heterocycles. The average Bonchev–Trinajstić information content (AvgIpc) is 3.00. The number of benzene rings is 2. The monoisotopic (exact) mass is 445 g/mol. The maximum atomic E-state index is 12.8. The van der Waals surface area contributed by atoms with Gasteiger partial charge in [-0.3, -0.25) is 19.8 Å². The maximum Gasteiger partial charge on any atom is 0.251 e. The van der Waals surface area contributed by atoms with Gasteiger partial charge in [0.05, 0.1) is 5.69 Å². The number of amides is 3. The molecule has 0 atom stereocenters. The van der Waals surface area contributed by atoms with E-state index in [1.807, 2.05) is 6.07 Å². The molecule has 0 unspecified atom stereocenters. The molecule has 0 radical (unpaired) electrons. The number of imide groups is 1. The van der Waals surface area contributed by atoms with Crippen LogP contribution in [0.15, 0.2) is 42.5 Å². The van der Waals surface area contributed by atoms with E-state index in [1.54, 1.807) is 36.4 Å². The van der Waals surface area contributed by atoms with Crippen molar-refractivity contribution in [2.75, 3.05) is 5.43 Å². The van der Waals surface area contributed by atoms with E-state index in [2.05, 4.69) is 10.7 Å². The molecule has 1 aliphatic carbocycles. The van der Waals surface area contributed by atoms with Gasteiger partial charge in [0, 0.05) is 34.0 Å². The number of halogens is 2. The van der Waals surface area contributed by atoms with Crippen LogP contribution in [0.5, 0.6) is 0 Å². The molecular formula is C22H21Cl2N3O3.